The van der Waals surface area contributed by atoms with Crippen molar-refractivity contribution in [3.63, 3.8) is 0 Å². The molecule has 0 unspecified atom stereocenters. The molecule has 3 heteroatoms. The fourth-order valence-electron chi connectivity index (χ4n) is 1.92. The topological polar surface area (TPSA) is 45.1 Å². The molecule has 2 aromatic rings. The second-order valence-corrected chi connectivity index (χ2v) is 4.36. The summed E-state index contributed by atoms with van der Waals surface area (Å²) < 4.78 is 5.44. The predicted molar refractivity (Wildman–Crippen MR) is 79.1 cm³/mol. The summed E-state index contributed by atoms with van der Waals surface area (Å²) in [4.78, 5) is 0. The molecule has 0 aromatic heterocycles. The molecule has 0 radical (unpaired) electrons. The molecule has 1 aliphatic heterocycles. The Balaban J connectivity index is 1.80. The first-order valence-corrected chi connectivity index (χ1v) is 6.31. The summed E-state index contributed by atoms with van der Waals surface area (Å²) in [6, 6.07) is 19.6. The molecular formula is C17H13NO2. The minimum Gasteiger partial charge on any atom is -0.446 e. The molecule has 1 heterocycles. The van der Waals surface area contributed by atoms with E-state index in [4.69, 9.17) is 9.94 Å². The second kappa shape index (κ2) is 5.45. The third-order valence-electron chi connectivity index (χ3n) is 2.98. The van der Waals surface area contributed by atoms with Gasteiger partial charge in [-0.1, -0.05) is 71.9 Å². The number of nitrogens with zero attached hydrogens (tertiary/aromatic N) is 1. The van der Waals surface area contributed by atoms with Crippen molar-refractivity contribution in [1.82, 2.24) is 0 Å². The molecule has 0 atom stereocenters. The van der Waals surface area contributed by atoms with Crippen molar-refractivity contribution >= 4 is 17.5 Å². The smallest absolute Gasteiger partial charge is 0.199 e. The van der Waals surface area contributed by atoms with Crippen molar-refractivity contribution in [3.05, 3.63) is 83.6 Å². The Kier molecular flexibility index (Phi) is 3.33. The second-order valence-electron chi connectivity index (χ2n) is 4.36. The minimum atomic E-state index is 0.424. The molecule has 0 aliphatic carbocycles. The van der Waals surface area contributed by atoms with Crippen LogP contribution in [0, 0.1) is 0 Å². The fourth-order valence-corrected chi connectivity index (χ4v) is 1.92. The zero-order valence-electron chi connectivity index (χ0n) is 10.7. The van der Waals surface area contributed by atoms with E-state index in [1.165, 1.54) is 0 Å². The van der Waals surface area contributed by atoms with Gasteiger partial charge in [0, 0.05) is 5.56 Å². The first kappa shape index (κ1) is 12.2. The maximum atomic E-state index is 9.10. The molecule has 1 N–H and O–H groups in total. The van der Waals surface area contributed by atoms with Crippen LogP contribution in [-0.4, -0.2) is 10.9 Å². The Labute approximate surface area is 117 Å². The zero-order valence-corrected chi connectivity index (χ0v) is 10.7. The largest absolute Gasteiger partial charge is 0.446 e. The minimum absolute atomic E-state index is 0.424. The third-order valence-corrected chi connectivity index (χ3v) is 2.98. The van der Waals surface area contributed by atoms with Crippen LogP contribution >= 0.6 is 0 Å². The lowest BCUT2D eigenvalue weighted by Gasteiger charge is -1.91. The van der Waals surface area contributed by atoms with E-state index in [9.17, 15) is 0 Å². The lowest BCUT2D eigenvalue weighted by Crippen LogP contribution is -1.90. The van der Waals surface area contributed by atoms with Crippen LogP contribution in [0.5, 0.6) is 0 Å². The van der Waals surface area contributed by atoms with Gasteiger partial charge < -0.3 is 9.94 Å². The van der Waals surface area contributed by atoms with Crippen molar-refractivity contribution in [1.29, 1.82) is 0 Å². The van der Waals surface area contributed by atoms with E-state index in [0.717, 1.165) is 16.9 Å². The van der Waals surface area contributed by atoms with Crippen molar-refractivity contribution in [2.75, 3.05) is 0 Å². The van der Waals surface area contributed by atoms with Crippen LogP contribution in [0.3, 0.4) is 0 Å². The first-order chi connectivity index (χ1) is 9.88. The maximum Gasteiger partial charge on any atom is 0.199 e. The summed E-state index contributed by atoms with van der Waals surface area (Å²) in [5.41, 5.74) is 2.45. The highest BCUT2D eigenvalue weighted by Crippen LogP contribution is 2.37. The standard InChI is InChI=1S/C17H13NO2/c19-18-15(12-11-13-7-3-1-4-8-13)17-16(20-17)14-9-5-2-6-10-14/h1-12,19H/b12-11+,18-15+. The van der Waals surface area contributed by atoms with E-state index in [2.05, 4.69) is 5.16 Å². The van der Waals surface area contributed by atoms with Crippen molar-refractivity contribution in [3.8, 4) is 0 Å². The number of benzene rings is 2. The van der Waals surface area contributed by atoms with Crippen LogP contribution in [0.1, 0.15) is 11.1 Å². The highest BCUT2D eigenvalue weighted by atomic mass is 16.6. The average molecular weight is 263 g/mol. The number of oxime groups is 1. The maximum absolute atomic E-state index is 9.10. The molecule has 0 saturated heterocycles. The van der Waals surface area contributed by atoms with Gasteiger partial charge >= 0.3 is 0 Å². The number of allylic oxidation sites excluding steroid dienone is 1. The number of rotatable bonds is 4. The quantitative estimate of drug-likeness (QED) is 0.516. The monoisotopic (exact) mass is 263 g/mol. The fraction of sp³-hybridized carbons (Fsp3) is 0. The molecule has 0 spiro atoms. The van der Waals surface area contributed by atoms with E-state index >= 15 is 0 Å². The van der Waals surface area contributed by atoms with Gasteiger partial charge in [-0.05, 0) is 11.6 Å². The SMILES string of the molecule is O/N=C(\C=C\c1ccccc1)C1=C(c2ccccc2)O1. The highest BCUT2D eigenvalue weighted by molar-refractivity contribution is 6.16. The van der Waals surface area contributed by atoms with Crippen LogP contribution in [0.15, 0.2) is 77.7 Å². The summed E-state index contributed by atoms with van der Waals surface area (Å²) in [6.07, 6.45) is 3.62. The molecule has 3 rings (SSSR count). The van der Waals surface area contributed by atoms with Crippen molar-refractivity contribution in [2.24, 2.45) is 5.16 Å². The summed E-state index contributed by atoms with van der Waals surface area (Å²) in [6.45, 7) is 0. The number of hydrogen-bond acceptors (Lipinski definition) is 3. The Morgan fingerprint density at radius 2 is 1.60 bits per heavy atom. The van der Waals surface area contributed by atoms with Gasteiger partial charge in [-0.25, -0.2) is 0 Å². The van der Waals surface area contributed by atoms with Gasteiger partial charge in [0.05, 0.1) is 0 Å². The molecule has 98 valence electrons. The molecule has 1 aliphatic rings. The van der Waals surface area contributed by atoms with E-state index in [0.29, 0.717) is 11.5 Å². The zero-order chi connectivity index (χ0) is 13.8. The van der Waals surface area contributed by atoms with Gasteiger partial charge in [-0.2, -0.15) is 0 Å². The van der Waals surface area contributed by atoms with Crippen molar-refractivity contribution in [2.45, 2.75) is 0 Å². The van der Waals surface area contributed by atoms with Gasteiger partial charge in [0.2, 0.25) is 0 Å². The van der Waals surface area contributed by atoms with Gasteiger partial charge in [0.25, 0.3) is 0 Å². The summed E-state index contributed by atoms with van der Waals surface area (Å²) in [5, 5.41) is 12.4. The molecular weight excluding hydrogens is 250 g/mol. The predicted octanol–water partition coefficient (Wildman–Crippen LogP) is 3.93. The van der Waals surface area contributed by atoms with E-state index < -0.39 is 0 Å². The Morgan fingerprint density at radius 1 is 0.950 bits per heavy atom. The lowest BCUT2D eigenvalue weighted by molar-refractivity contribution is 0.318. The van der Waals surface area contributed by atoms with Crippen LogP contribution in [0.2, 0.25) is 0 Å². The lowest BCUT2D eigenvalue weighted by atomic mass is 10.1. The molecule has 0 saturated carbocycles. The number of hydrogen-bond donors (Lipinski definition) is 1. The normalized spacial score (nSPS) is 14.5. The van der Waals surface area contributed by atoms with E-state index in [-0.39, 0.29) is 0 Å². The van der Waals surface area contributed by atoms with Crippen LogP contribution < -0.4 is 0 Å². The number of ether oxygens (including phenoxy) is 1. The summed E-state index contributed by atoms with van der Waals surface area (Å²) >= 11 is 0. The molecule has 0 bridgehead atoms. The Bertz CT molecular complexity index is 685. The molecule has 2 aromatic carbocycles. The molecule has 0 fully saturated rings. The van der Waals surface area contributed by atoms with Gasteiger partial charge in [0.15, 0.2) is 11.5 Å². The van der Waals surface area contributed by atoms with Crippen LogP contribution in [-0.2, 0) is 4.74 Å². The summed E-state index contributed by atoms with van der Waals surface area (Å²) in [7, 11) is 0. The van der Waals surface area contributed by atoms with Crippen LogP contribution in [0.4, 0.5) is 0 Å². The van der Waals surface area contributed by atoms with Gasteiger partial charge in [-0.3, -0.25) is 0 Å². The van der Waals surface area contributed by atoms with Gasteiger partial charge in [0.1, 0.15) is 5.71 Å². The van der Waals surface area contributed by atoms with Gasteiger partial charge in [-0.15, -0.1) is 0 Å². The molecule has 3 nitrogen and oxygen atoms in total. The van der Waals surface area contributed by atoms with E-state index in [1.54, 1.807) is 6.08 Å². The Hall–Kier alpha value is -2.81. The third kappa shape index (κ3) is 2.62. The molecule has 20 heavy (non-hydrogen) atoms. The highest BCUT2D eigenvalue weighted by Gasteiger charge is 2.30. The van der Waals surface area contributed by atoms with E-state index in [1.807, 2.05) is 66.7 Å². The molecule has 0 amide bonds. The van der Waals surface area contributed by atoms with Crippen LogP contribution in [0.25, 0.3) is 11.8 Å². The average Bonchev–Trinajstić information content (AvgIpc) is 3.30. The summed E-state index contributed by atoms with van der Waals surface area (Å²) in [5.74, 6) is 1.38. The Morgan fingerprint density at radius 3 is 2.25 bits per heavy atom. The van der Waals surface area contributed by atoms with Crippen molar-refractivity contribution < 1.29 is 9.94 Å². The first-order valence-electron chi connectivity index (χ1n) is 6.31.